The Kier molecular flexibility index (Phi) is 5.94. The summed E-state index contributed by atoms with van der Waals surface area (Å²) >= 11 is 1.35. The summed E-state index contributed by atoms with van der Waals surface area (Å²) < 4.78 is 7.49. The van der Waals surface area contributed by atoms with Crippen molar-refractivity contribution in [3.05, 3.63) is 72.8 Å². The van der Waals surface area contributed by atoms with E-state index in [0.29, 0.717) is 5.89 Å². The molecule has 2 heterocycles. The van der Waals surface area contributed by atoms with Gasteiger partial charge in [0.1, 0.15) is 0 Å². The van der Waals surface area contributed by atoms with Gasteiger partial charge in [0.2, 0.25) is 11.8 Å². The number of hydrogen-bond acceptors (Lipinski definition) is 6. The van der Waals surface area contributed by atoms with Gasteiger partial charge in [-0.15, -0.1) is 5.10 Å². The Morgan fingerprint density at radius 3 is 2.43 bits per heavy atom. The van der Waals surface area contributed by atoms with Crippen LogP contribution >= 0.6 is 11.8 Å². The zero-order valence-corrected chi connectivity index (χ0v) is 17.5. The number of hydrogen-bond donors (Lipinski definition) is 1. The monoisotopic (exact) mass is 419 g/mol. The molecule has 1 N–H and O–H groups in total. The summed E-state index contributed by atoms with van der Waals surface area (Å²) in [5.41, 5.74) is 3.00. The van der Waals surface area contributed by atoms with Crippen molar-refractivity contribution in [2.45, 2.75) is 24.9 Å². The van der Waals surface area contributed by atoms with Gasteiger partial charge in [-0.2, -0.15) is 0 Å². The number of para-hydroxylation sites is 1. The number of amides is 1. The lowest BCUT2D eigenvalue weighted by molar-refractivity contribution is -0.113. The molecule has 4 aromatic rings. The topological polar surface area (TPSA) is 85.8 Å². The van der Waals surface area contributed by atoms with Gasteiger partial charge in [0.25, 0.3) is 0 Å². The van der Waals surface area contributed by atoms with Crippen LogP contribution in [0.5, 0.6) is 0 Å². The Balaban J connectivity index is 1.54. The molecule has 0 fully saturated rings. The van der Waals surface area contributed by atoms with Crippen LogP contribution in [0.2, 0.25) is 0 Å². The molecule has 2 aromatic heterocycles. The maximum Gasteiger partial charge on any atom is 0.322 e. The lowest BCUT2D eigenvalue weighted by Gasteiger charge is -2.12. The number of carbonyl (C=O) groups excluding carboxylic acids is 1. The van der Waals surface area contributed by atoms with Crippen LogP contribution in [0, 0.1) is 0 Å². The summed E-state index contributed by atoms with van der Waals surface area (Å²) in [6.07, 6.45) is 1.83. The van der Waals surface area contributed by atoms with Gasteiger partial charge in [-0.3, -0.25) is 14.7 Å². The second-order valence-corrected chi connectivity index (χ2v) is 7.84. The third kappa shape index (κ3) is 4.44. The lowest BCUT2D eigenvalue weighted by atomic mass is 10.1. The molecule has 30 heavy (non-hydrogen) atoms. The maximum atomic E-state index is 12.4. The van der Waals surface area contributed by atoms with E-state index >= 15 is 0 Å². The molecular weight excluding hydrogens is 398 g/mol. The molecule has 152 valence electrons. The molecule has 1 amide bonds. The average molecular weight is 420 g/mol. The molecule has 7 nitrogen and oxygen atoms in total. The van der Waals surface area contributed by atoms with E-state index in [2.05, 4.69) is 25.1 Å². The number of anilines is 1. The van der Waals surface area contributed by atoms with Gasteiger partial charge in [-0.25, -0.2) is 4.98 Å². The van der Waals surface area contributed by atoms with Gasteiger partial charge in [0.05, 0.1) is 17.6 Å². The molecule has 4 rings (SSSR count). The summed E-state index contributed by atoms with van der Waals surface area (Å²) in [6, 6.07) is 20.1. The summed E-state index contributed by atoms with van der Waals surface area (Å²) in [5, 5.41) is 11.2. The summed E-state index contributed by atoms with van der Waals surface area (Å²) in [5.74, 6) is 0.525. The number of aromatic nitrogens is 4. The van der Waals surface area contributed by atoms with Crippen molar-refractivity contribution in [1.29, 1.82) is 0 Å². The summed E-state index contributed by atoms with van der Waals surface area (Å²) in [6.45, 7) is 3.89. The summed E-state index contributed by atoms with van der Waals surface area (Å²) in [4.78, 5) is 17.0. The second kappa shape index (κ2) is 8.96. The first-order chi connectivity index (χ1) is 14.6. The molecule has 0 aliphatic carbocycles. The van der Waals surface area contributed by atoms with Crippen molar-refractivity contribution in [2.75, 3.05) is 11.1 Å². The lowest BCUT2D eigenvalue weighted by Crippen LogP contribution is -2.14. The molecular formula is C22H21N5O2S. The number of imidazole rings is 1. The number of benzene rings is 2. The highest BCUT2D eigenvalue weighted by atomic mass is 32.2. The Bertz CT molecular complexity index is 1120. The van der Waals surface area contributed by atoms with E-state index in [9.17, 15) is 4.79 Å². The first-order valence-corrected chi connectivity index (χ1v) is 10.5. The van der Waals surface area contributed by atoms with Crippen LogP contribution in [-0.2, 0) is 4.79 Å². The van der Waals surface area contributed by atoms with Crippen molar-refractivity contribution >= 4 is 23.7 Å². The zero-order valence-electron chi connectivity index (χ0n) is 16.6. The predicted octanol–water partition coefficient (Wildman–Crippen LogP) is 4.78. The molecule has 0 unspecified atom stereocenters. The fraction of sp³-hybridized carbons (Fsp3) is 0.182. The van der Waals surface area contributed by atoms with Crippen LogP contribution in [0.3, 0.4) is 0 Å². The molecule has 8 heteroatoms. The largest absolute Gasteiger partial charge is 0.408 e. The Hall–Kier alpha value is -3.39. The van der Waals surface area contributed by atoms with E-state index in [-0.39, 0.29) is 23.6 Å². The van der Waals surface area contributed by atoms with E-state index < -0.39 is 0 Å². The minimum absolute atomic E-state index is 0.104. The third-order valence-electron chi connectivity index (χ3n) is 4.33. The van der Waals surface area contributed by atoms with Crippen molar-refractivity contribution in [1.82, 2.24) is 19.7 Å². The van der Waals surface area contributed by atoms with Gasteiger partial charge < -0.3 is 4.42 Å². The Morgan fingerprint density at radius 1 is 1.07 bits per heavy atom. The third-order valence-corrected chi connectivity index (χ3v) is 5.28. The highest BCUT2D eigenvalue weighted by Crippen LogP contribution is 2.29. The van der Waals surface area contributed by atoms with Crippen LogP contribution in [0.15, 0.2) is 76.4 Å². The normalized spacial score (nSPS) is 11.0. The van der Waals surface area contributed by atoms with Crippen LogP contribution in [0.4, 0.5) is 6.01 Å². The number of rotatable bonds is 7. The van der Waals surface area contributed by atoms with Gasteiger partial charge in [0, 0.05) is 17.2 Å². The SMILES string of the molecule is CC(C)c1nnc(NC(=O)CSc2ncc(-c3ccccc3)n2-c2ccccc2)o1. The van der Waals surface area contributed by atoms with Gasteiger partial charge in [0.15, 0.2) is 5.16 Å². The molecule has 0 bridgehead atoms. The number of carbonyl (C=O) groups is 1. The molecule has 0 atom stereocenters. The highest BCUT2D eigenvalue weighted by Gasteiger charge is 2.17. The van der Waals surface area contributed by atoms with Gasteiger partial charge >= 0.3 is 6.01 Å². The molecule has 2 aromatic carbocycles. The quantitative estimate of drug-likeness (QED) is 0.434. The second-order valence-electron chi connectivity index (χ2n) is 6.90. The Morgan fingerprint density at radius 2 is 1.77 bits per heavy atom. The van der Waals surface area contributed by atoms with Crippen LogP contribution < -0.4 is 5.32 Å². The van der Waals surface area contributed by atoms with Gasteiger partial charge in [-0.1, -0.05) is 79.2 Å². The molecule has 0 aliphatic heterocycles. The smallest absolute Gasteiger partial charge is 0.322 e. The first-order valence-electron chi connectivity index (χ1n) is 9.56. The minimum atomic E-state index is -0.233. The molecule has 0 saturated heterocycles. The first kappa shape index (κ1) is 19.9. The van der Waals surface area contributed by atoms with Crippen LogP contribution in [0.1, 0.15) is 25.7 Å². The van der Waals surface area contributed by atoms with Crippen molar-refractivity contribution in [3.63, 3.8) is 0 Å². The number of thioether (sulfide) groups is 1. The van der Waals surface area contributed by atoms with Crippen LogP contribution in [0.25, 0.3) is 16.9 Å². The molecule has 0 saturated carbocycles. The molecule has 0 spiro atoms. The molecule has 0 aliphatic rings. The maximum absolute atomic E-state index is 12.4. The van der Waals surface area contributed by atoms with E-state index in [1.54, 1.807) is 0 Å². The highest BCUT2D eigenvalue weighted by molar-refractivity contribution is 7.99. The standard InChI is InChI=1S/C22H21N5O2S/c1-15(2)20-25-26-21(29-20)24-19(28)14-30-22-23-13-18(16-9-5-3-6-10-16)27(22)17-11-7-4-8-12-17/h3-13,15H,14H2,1-2H3,(H,24,26,28). The fourth-order valence-electron chi connectivity index (χ4n) is 2.88. The van der Waals surface area contributed by atoms with Crippen molar-refractivity contribution in [3.8, 4) is 16.9 Å². The van der Waals surface area contributed by atoms with Gasteiger partial charge in [-0.05, 0) is 12.1 Å². The van der Waals surface area contributed by atoms with E-state index in [4.69, 9.17) is 4.42 Å². The zero-order chi connectivity index (χ0) is 20.9. The van der Waals surface area contributed by atoms with Crippen molar-refractivity contribution in [2.24, 2.45) is 0 Å². The van der Waals surface area contributed by atoms with E-state index in [1.807, 2.05) is 80.7 Å². The van der Waals surface area contributed by atoms with Crippen LogP contribution in [-0.4, -0.2) is 31.4 Å². The van der Waals surface area contributed by atoms with E-state index in [1.165, 1.54) is 11.8 Å². The Labute approximate surface area is 178 Å². The number of nitrogens with one attached hydrogen (secondary N) is 1. The molecule has 0 radical (unpaired) electrons. The predicted molar refractivity (Wildman–Crippen MR) is 117 cm³/mol. The minimum Gasteiger partial charge on any atom is -0.408 e. The fourth-order valence-corrected chi connectivity index (χ4v) is 3.67. The average Bonchev–Trinajstić information content (AvgIpc) is 3.41. The van der Waals surface area contributed by atoms with E-state index in [0.717, 1.165) is 22.1 Å². The number of nitrogens with zero attached hydrogens (tertiary/aromatic N) is 4. The summed E-state index contributed by atoms with van der Waals surface area (Å²) in [7, 11) is 0. The van der Waals surface area contributed by atoms with Crippen molar-refractivity contribution < 1.29 is 9.21 Å².